The Morgan fingerprint density at radius 2 is 2.07 bits per heavy atom. The smallest absolute Gasteiger partial charge is 0.239 e. The highest BCUT2D eigenvalue weighted by Gasteiger charge is 2.28. The highest BCUT2D eigenvalue weighted by atomic mass is 16.3. The van der Waals surface area contributed by atoms with E-state index in [4.69, 9.17) is 11.5 Å². The van der Waals surface area contributed by atoms with Crippen molar-refractivity contribution in [3.05, 3.63) is 29.8 Å². The minimum absolute atomic E-state index is 0.127. The number of carbonyl (C=O) groups excluding carboxylic acids is 1. The monoisotopic (exact) mass is 391 g/mol. The molecule has 0 radical (unpaired) electrons. The Bertz CT molecular complexity index is 645. The van der Waals surface area contributed by atoms with Gasteiger partial charge in [0.2, 0.25) is 5.91 Å². The zero-order valence-electron chi connectivity index (χ0n) is 16.6. The molecule has 0 bridgehead atoms. The summed E-state index contributed by atoms with van der Waals surface area (Å²) in [5.74, 6) is 0.254. The number of aliphatic hydroxyl groups excluding tert-OH is 1. The number of aliphatic imine (C=N–C) groups is 1. The van der Waals surface area contributed by atoms with Crippen LogP contribution in [0, 0.1) is 0 Å². The molecule has 1 fully saturated rings. The van der Waals surface area contributed by atoms with Crippen LogP contribution >= 0.6 is 0 Å². The number of benzene rings is 1. The highest BCUT2D eigenvalue weighted by Crippen LogP contribution is 2.15. The maximum absolute atomic E-state index is 12.3. The molecule has 1 heterocycles. The molecule has 2 rings (SSSR count). The van der Waals surface area contributed by atoms with E-state index in [-0.39, 0.29) is 12.5 Å². The standard InChI is InChI=1S/C19H33N7O2/c1-22-19(21)24-16-5-2-4-15(12-16)13-25-8-10-26(11-9-25)17(14-27)18(28)23-7-3-6-20/h2,4-5,12,17,27H,3,6-11,13-14,20H2,1H3,(H,23,28)(H3,21,22,24). The third-order valence-electron chi connectivity index (χ3n) is 4.85. The summed E-state index contributed by atoms with van der Waals surface area (Å²) in [6.45, 7) is 4.87. The summed E-state index contributed by atoms with van der Waals surface area (Å²) in [6.07, 6.45) is 0.737. The van der Waals surface area contributed by atoms with E-state index in [1.54, 1.807) is 7.05 Å². The van der Waals surface area contributed by atoms with Crippen LogP contribution in [0.5, 0.6) is 0 Å². The van der Waals surface area contributed by atoms with Gasteiger partial charge in [-0.15, -0.1) is 0 Å². The van der Waals surface area contributed by atoms with Crippen molar-refractivity contribution in [2.24, 2.45) is 16.5 Å². The van der Waals surface area contributed by atoms with E-state index in [1.165, 1.54) is 5.56 Å². The second-order valence-electron chi connectivity index (χ2n) is 6.88. The molecule has 1 aliphatic heterocycles. The van der Waals surface area contributed by atoms with E-state index >= 15 is 0 Å². The Balaban J connectivity index is 1.84. The molecule has 1 amide bonds. The summed E-state index contributed by atoms with van der Waals surface area (Å²) >= 11 is 0. The molecule has 7 N–H and O–H groups in total. The number of nitrogens with two attached hydrogens (primary N) is 2. The number of carbonyl (C=O) groups is 1. The largest absolute Gasteiger partial charge is 0.394 e. The van der Waals surface area contributed by atoms with Gasteiger partial charge in [-0.1, -0.05) is 12.1 Å². The van der Waals surface area contributed by atoms with E-state index in [2.05, 4.69) is 32.7 Å². The minimum atomic E-state index is -0.497. The molecule has 1 atom stereocenters. The number of rotatable bonds is 9. The Hall–Kier alpha value is -2.20. The number of guanidine groups is 1. The molecule has 1 aliphatic rings. The molecule has 1 aromatic carbocycles. The summed E-state index contributed by atoms with van der Waals surface area (Å²) in [5.41, 5.74) is 13.3. The number of hydrogen-bond acceptors (Lipinski definition) is 6. The number of anilines is 1. The number of amides is 1. The number of nitrogens with one attached hydrogen (secondary N) is 2. The molecule has 1 aromatic rings. The third kappa shape index (κ3) is 6.75. The summed E-state index contributed by atoms with van der Waals surface area (Å²) in [5, 5.41) is 15.6. The predicted molar refractivity (Wildman–Crippen MR) is 112 cm³/mol. The zero-order valence-corrected chi connectivity index (χ0v) is 16.6. The van der Waals surface area contributed by atoms with Crippen molar-refractivity contribution in [2.45, 2.75) is 19.0 Å². The van der Waals surface area contributed by atoms with Gasteiger partial charge in [0.25, 0.3) is 0 Å². The number of aliphatic hydroxyl groups is 1. The van der Waals surface area contributed by atoms with Crippen molar-refractivity contribution in [1.29, 1.82) is 0 Å². The van der Waals surface area contributed by atoms with Crippen LogP contribution in [-0.2, 0) is 11.3 Å². The van der Waals surface area contributed by atoms with Crippen LogP contribution in [0.15, 0.2) is 29.3 Å². The summed E-state index contributed by atoms with van der Waals surface area (Å²) in [6, 6.07) is 7.59. The van der Waals surface area contributed by atoms with E-state index in [0.29, 0.717) is 19.0 Å². The SMILES string of the molecule is CN=C(N)Nc1cccc(CN2CCN(C(CO)C(=O)NCCCN)CC2)c1. The highest BCUT2D eigenvalue weighted by molar-refractivity contribution is 5.92. The lowest BCUT2D eigenvalue weighted by Gasteiger charge is -2.38. The van der Waals surface area contributed by atoms with Crippen molar-refractivity contribution >= 4 is 17.6 Å². The topological polar surface area (TPSA) is 132 Å². The maximum Gasteiger partial charge on any atom is 0.239 e. The number of nitrogens with zero attached hydrogens (tertiary/aromatic N) is 3. The van der Waals surface area contributed by atoms with Crippen molar-refractivity contribution in [3.8, 4) is 0 Å². The summed E-state index contributed by atoms with van der Waals surface area (Å²) < 4.78 is 0. The van der Waals surface area contributed by atoms with Gasteiger partial charge in [-0.2, -0.15) is 0 Å². The molecule has 1 unspecified atom stereocenters. The van der Waals surface area contributed by atoms with Crippen LogP contribution in [0.2, 0.25) is 0 Å². The fraction of sp³-hybridized carbons (Fsp3) is 0.579. The quantitative estimate of drug-likeness (QED) is 0.207. The predicted octanol–water partition coefficient (Wildman–Crippen LogP) is -1.01. The molecule has 0 spiro atoms. The van der Waals surface area contributed by atoms with Gasteiger partial charge in [0.05, 0.1) is 6.61 Å². The van der Waals surface area contributed by atoms with Gasteiger partial charge in [0, 0.05) is 52.0 Å². The van der Waals surface area contributed by atoms with Gasteiger partial charge in [0.1, 0.15) is 6.04 Å². The molecule has 9 heteroatoms. The molecule has 156 valence electrons. The molecule has 0 aromatic heterocycles. The first kappa shape index (κ1) is 22.1. The first-order chi connectivity index (χ1) is 13.6. The summed E-state index contributed by atoms with van der Waals surface area (Å²) in [4.78, 5) is 20.6. The molecule has 9 nitrogen and oxygen atoms in total. The second-order valence-corrected chi connectivity index (χ2v) is 6.88. The van der Waals surface area contributed by atoms with Gasteiger partial charge in [-0.25, -0.2) is 0 Å². The normalized spacial score (nSPS) is 17.3. The van der Waals surface area contributed by atoms with Gasteiger partial charge in [-0.3, -0.25) is 19.6 Å². The first-order valence-electron chi connectivity index (χ1n) is 9.70. The molecule has 0 aliphatic carbocycles. The van der Waals surface area contributed by atoms with Gasteiger partial charge >= 0.3 is 0 Å². The summed E-state index contributed by atoms with van der Waals surface area (Å²) in [7, 11) is 1.64. The van der Waals surface area contributed by atoms with E-state index in [0.717, 1.165) is 44.8 Å². The molecule has 1 saturated heterocycles. The van der Waals surface area contributed by atoms with Crippen molar-refractivity contribution in [3.63, 3.8) is 0 Å². The van der Waals surface area contributed by atoms with Crippen LogP contribution in [0.3, 0.4) is 0 Å². The molecular weight excluding hydrogens is 358 g/mol. The van der Waals surface area contributed by atoms with Crippen molar-refractivity contribution < 1.29 is 9.90 Å². The van der Waals surface area contributed by atoms with Gasteiger partial charge in [-0.05, 0) is 30.7 Å². The fourth-order valence-corrected chi connectivity index (χ4v) is 3.24. The fourth-order valence-electron chi connectivity index (χ4n) is 3.24. The average molecular weight is 392 g/mol. The lowest BCUT2D eigenvalue weighted by atomic mass is 10.1. The Morgan fingerprint density at radius 3 is 2.71 bits per heavy atom. The molecule has 0 saturated carbocycles. The second kappa shape index (κ2) is 11.6. The molecular formula is C19H33N7O2. The van der Waals surface area contributed by atoms with E-state index in [1.807, 2.05) is 17.0 Å². The third-order valence-corrected chi connectivity index (χ3v) is 4.85. The Labute approximate surface area is 166 Å². The van der Waals surface area contributed by atoms with Crippen LogP contribution in [-0.4, -0.2) is 85.7 Å². The van der Waals surface area contributed by atoms with Gasteiger partial charge < -0.3 is 27.2 Å². The lowest BCUT2D eigenvalue weighted by molar-refractivity contribution is -0.128. The van der Waals surface area contributed by atoms with E-state index < -0.39 is 6.04 Å². The average Bonchev–Trinajstić information content (AvgIpc) is 2.70. The van der Waals surface area contributed by atoms with Crippen LogP contribution in [0.4, 0.5) is 5.69 Å². The van der Waals surface area contributed by atoms with Crippen LogP contribution in [0.1, 0.15) is 12.0 Å². The van der Waals surface area contributed by atoms with Crippen LogP contribution < -0.4 is 22.1 Å². The lowest BCUT2D eigenvalue weighted by Crippen LogP contribution is -2.56. The zero-order chi connectivity index (χ0) is 20.4. The molecule has 28 heavy (non-hydrogen) atoms. The van der Waals surface area contributed by atoms with Crippen molar-refractivity contribution in [2.75, 3.05) is 58.2 Å². The van der Waals surface area contributed by atoms with E-state index in [9.17, 15) is 9.90 Å². The van der Waals surface area contributed by atoms with Gasteiger partial charge in [0.15, 0.2) is 5.96 Å². The number of hydrogen-bond donors (Lipinski definition) is 5. The van der Waals surface area contributed by atoms with Crippen molar-refractivity contribution in [1.82, 2.24) is 15.1 Å². The van der Waals surface area contributed by atoms with Crippen LogP contribution in [0.25, 0.3) is 0 Å². The number of piperazine rings is 1. The first-order valence-corrected chi connectivity index (χ1v) is 9.70. The Morgan fingerprint density at radius 1 is 1.32 bits per heavy atom. The minimum Gasteiger partial charge on any atom is -0.394 e. The Kier molecular flexibility index (Phi) is 9.15. The maximum atomic E-state index is 12.3.